The standard InChI is InChI=1S/C19H22FN3O2/c1-3-18(24)22-16-8-7-13(2)17(12-16)23-19(25)21-10-9-14-5-4-6-15(20)11-14/h4-8,11-12H,3,9-10H2,1-2H3,(H,22,24)(H2,21,23,25). The molecule has 5 nitrogen and oxygen atoms in total. The lowest BCUT2D eigenvalue weighted by Crippen LogP contribution is -2.30. The summed E-state index contributed by atoms with van der Waals surface area (Å²) in [5.74, 6) is -0.377. The zero-order chi connectivity index (χ0) is 18.2. The van der Waals surface area contributed by atoms with Crippen molar-refractivity contribution in [2.45, 2.75) is 26.7 Å². The number of rotatable bonds is 6. The van der Waals surface area contributed by atoms with Gasteiger partial charge in [0.25, 0.3) is 0 Å². The number of carbonyl (C=O) groups excluding carboxylic acids is 2. The maximum atomic E-state index is 13.1. The predicted molar refractivity (Wildman–Crippen MR) is 97.2 cm³/mol. The largest absolute Gasteiger partial charge is 0.338 e. The van der Waals surface area contributed by atoms with Crippen molar-refractivity contribution < 1.29 is 14.0 Å². The molecule has 0 saturated heterocycles. The Balaban J connectivity index is 1.89. The number of carbonyl (C=O) groups is 2. The molecule has 0 radical (unpaired) electrons. The van der Waals surface area contributed by atoms with Crippen LogP contribution in [0, 0.1) is 12.7 Å². The second kappa shape index (κ2) is 8.82. The number of urea groups is 1. The Morgan fingerprint density at radius 1 is 1.08 bits per heavy atom. The van der Waals surface area contributed by atoms with Gasteiger partial charge < -0.3 is 16.0 Å². The molecular formula is C19H22FN3O2. The summed E-state index contributed by atoms with van der Waals surface area (Å²) in [6, 6.07) is 11.3. The van der Waals surface area contributed by atoms with E-state index >= 15 is 0 Å². The maximum Gasteiger partial charge on any atom is 0.319 e. The number of nitrogens with one attached hydrogen (secondary N) is 3. The minimum absolute atomic E-state index is 0.0886. The minimum Gasteiger partial charge on any atom is -0.338 e. The van der Waals surface area contributed by atoms with Gasteiger partial charge in [-0.1, -0.05) is 25.1 Å². The van der Waals surface area contributed by atoms with Gasteiger partial charge in [-0.05, 0) is 48.7 Å². The summed E-state index contributed by atoms with van der Waals surface area (Å²) in [6.07, 6.45) is 0.925. The van der Waals surface area contributed by atoms with Crippen LogP contribution in [0.1, 0.15) is 24.5 Å². The van der Waals surface area contributed by atoms with E-state index in [1.807, 2.05) is 19.1 Å². The lowest BCUT2D eigenvalue weighted by Gasteiger charge is -2.12. The fourth-order valence-electron chi connectivity index (χ4n) is 2.26. The minimum atomic E-state index is -0.349. The maximum absolute atomic E-state index is 13.1. The highest BCUT2D eigenvalue weighted by Crippen LogP contribution is 2.20. The van der Waals surface area contributed by atoms with Crippen LogP contribution in [0.3, 0.4) is 0 Å². The second-order valence-electron chi connectivity index (χ2n) is 5.69. The number of halogens is 1. The lowest BCUT2D eigenvalue weighted by atomic mass is 10.1. The first-order chi connectivity index (χ1) is 12.0. The van der Waals surface area contributed by atoms with E-state index in [-0.39, 0.29) is 17.8 Å². The third-order valence-electron chi connectivity index (χ3n) is 3.68. The molecule has 2 rings (SSSR count). The molecule has 0 aliphatic rings. The van der Waals surface area contributed by atoms with Crippen LogP contribution in [-0.4, -0.2) is 18.5 Å². The van der Waals surface area contributed by atoms with Crippen molar-refractivity contribution in [2.24, 2.45) is 0 Å². The zero-order valence-electron chi connectivity index (χ0n) is 14.4. The molecule has 3 N–H and O–H groups in total. The molecule has 0 aliphatic heterocycles. The van der Waals surface area contributed by atoms with Gasteiger partial charge >= 0.3 is 6.03 Å². The van der Waals surface area contributed by atoms with Crippen LogP contribution < -0.4 is 16.0 Å². The molecule has 0 aromatic heterocycles. The van der Waals surface area contributed by atoms with Crippen molar-refractivity contribution in [3.63, 3.8) is 0 Å². The van der Waals surface area contributed by atoms with E-state index in [2.05, 4.69) is 16.0 Å². The molecule has 2 aromatic rings. The van der Waals surface area contributed by atoms with Gasteiger partial charge in [0.2, 0.25) is 5.91 Å². The lowest BCUT2D eigenvalue weighted by molar-refractivity contribution is -0.115. The van der Waals surface area contributed by atoms with E-state index in [4.69, 9.17) is 0 Å². The summed E-state index contributed by atoms with van der Waals surface area (Å²) in [5.41, 5.74) is 2.96. The van der Waals surface area contributed by atoms with E-state index in [0.29, 0.717) is 30.8 Å². The van der Waals surface area contributed by atoms with Crippen LogP contribution in [0.4, 0.5) is 20.6 Å². The van der Waals surface area contributed by atoms with Gasteiger partial charge in [0.05, 0.1) is 0 Å². The van der Waals surface area contributed by atoms with Crippen molar-refractivity contribution in [2.75, 3.05) is 17.2 Å². The average molecular weight is 343 g/mol. The van der Waals surface area contributed by atoms with Gasteiger partial charge in [-0.25, -0.2) is 9.18 Å². The van der Waals surface area contributed by atoms with Gasteiger partial charge in [-0.3, -0.25) is 4.79 Å². The van der Waals surface area contributed by atoms with Gasteiger partial charge in [-0.15, -0.1) is 0 Å². The summed E-state index contributed by atoms with van der Waals surface area (Å²) in [6.45, 7) is 4.03. The molecular weight excluding hydrogens is 321 g/mol. The molecule has 0 spiro atoms. The smallest absolute Gasteiger partial charge is 0.319 e. The summed E-state index contributed by atoms with van der Waals surface area (Å²) in [5, 5.41) is 8.26. The molecule has 0 heterocycles. The molecule has 25 heavy (non-hydrogen) atoms. The Morgan fingerprint density at radius 2 is 1.88 bits per heavy atom. The van der Waals surface area contributed by atoms with Crippen molar-refractivity contribution in [1.82, 2.24) is 5.32 Å². The second-order valence-corrected chi connectivity index (χ2v) is 5.69. The number of hydrogen-bond acceptors (Lipinski definition) is 2. The van der Waals surface area contributed by atoms with Gasteiger partial charge in [0.15, 0.2) is 0 Å². The summed E-state index contributed by atoms with van der Waals surface area (Å²) >= 11 is 0. The van der Waals surface area contributed by atoms with Crippen LogP contribution in [0.25, 0.3) is 0 Å². The monoisotopic (exact) mass is 343 g/mol. The SMILES string of the molecule is CCC(=O)Nc1ccc(C)c(NC(=O)NCCc2cccc(F)c2)c1. The fourth-order valence-corrected chi connectivity index (χ4v) is 2.26. The summed E-state index contributed by atoms with van der Waals surface area (Å²) in [7, 11) is 0. The Morgan fingerprint density at radius 3 is 2.60 bits per heavy atom. The van der Waals surface area contributed by atoms with Crippen LogP contribution in [0.15, 0.2) is 42.5 Å². The quantitative estimate of drug-likeness (QED) is 0.746. The number of benzene rings is 2. The number of hydrogen-bond donors (Lipinski definition) is 3. The third kappa shape index (κ3) is 5.91. The van der Waals surface area contributed by atoms with Gasteiger partial charge in [0.1, 0.15) is 5.82 Å². The van der Waals surface area contributed by atoms with Crippen LogP contribution in [-0.2, 0) is 11.2 Å². The number of aryl methyl sites for hydroxylation is 1. The van der Waals surface area contributed by atoms with E-state index in [1.165, 1.54) is 12.1 Å². The van der Waals surface area contributed by atoms with Crippen molar-refractivity contribution in [1.29, 1.82) is 0 Å². The van der Waals surface area contributed by atoms with E-state index < -0.39 is 0 Å². The van der Waals surface area contributed by atoms with E-state index in [1.54, 1.807) is 25.1 Å². The topological polar surface area (TPSA) is 70.2 Å². The summed E-state index contributed by atoms with van der Waals surface area (Å²) < 4.78 is 13.1. The predicted octanol–water partition coefficient (Wildman–Crippen LogP) is 3.85. The number of anilines is 2. The Labute approximate surface area is 146 Å². The highest BCUT2D eigenvalue weighted by atomic mass is 19.1. The summed E-state index contributed by atoms with van der Waals surface area (Å²) in [4.78, 5) is 23.5. The van der Waals surface area contributed by atoms with Gasteiger partial charge in [-0.2, -0.15) is 0 Å². The number of amides is 3. The molecule has 0 saturated carbocycles. The molecule has 0 bridgehead atoms. The Bertz CT molecular complexity index is 762. The molecule has 0 atom stereocenters. The molecule has 2 aromatic carbocycles. The van der Waals surface area contributed by atoms with Gasteiger partial charge in [0, 0.05) is 24.3 Å². The zero-order valence-corrected chi connectivity index (χ0v) is 14.4. The molecule has 3 amide bonds. The Hall–Kier alpha value is -2.89. The van der Waals surface area contributed by atoms with Crippen molar-refractivity contribution in [3.8, 4) is 0 Å². The molecule has 0 aliphatic carbocycles. The first-order valence-electron chi connectivity index (χ1n) is 8.17. The highest BCUT2D eigenvalue weighted by molar-refractivity contribution is 5.94. The molecule has 0 fully saturated rings. The van der Waals surface area contributed by atoms with Crippen molar-refractivity contribution >= 4 is 23.3 Å². The fraction of sp³-hybridized carbons (Fsp3) is 0.263. The molecule has 132 valence electrons. The highest BCUT2D eigenvalue weighted by Gasteiger charge is 2.07. The third-order valence-corrected chi connectivity index (χ3v) is 3.68. The average Bonchev–Trinajstić information content (AvgIpc) is 2.58. The van der Waals surface area contributed by atoms with E-state index in [0.717, 1.165) is 11.1 Å². The first-order valence-corrected chi connectivity index (χ1v) is 8.17. The van der Waals surface area contributed by atoms with Crippen LogP contribution >= 0.6 is 0 Å². The van der Waals surface area contributed by atoms with Crippen LogP contribution in [0.5, 0.6) is 0 Å². The first kappa shape index (κ1) is 18.4. The van der Waals surface area contributed by atoms with Crippen LogP contribution in [0.2, 0.25) is 0 Å². The molecule has 0 unspecified atom stereocenters. The molecule has 6 heteroatoms. The van der Waals surface area contributed by atoms with E-state index in [9.17, 15) is 14.0 Å². The Kier molecular flexibility index (Phi) is 6.51. The normalized spacial score (nSPS) is 10.2. The van der Waals surface area contributed by atoms with Crippen molar-refractivity contribution in [3.05, 3.63) is 59.4 Å².